The van der Waals surface area contributed by atoms with Crippen molar-refractivity contribution in [3.05, 3.63) is 111 Å². The highest BCUT2D eigenvalue weighted by molar-refractivity contribution is 6.42. The molecule has 0 bridgehead atoms. The molecule has 39 heavy (non-hydrogen) atoms. The number of hydrazine groups is 1. The Hall–Kier alpha value is -3.91. The van der Waals surface area contributed by atoms with Gasteiger partial charge in [0.2, 0.25) is 0 Å². The van der Waals surface area contributed by atoms with Crippen LogP contribution in [0.15, 0.2) is 84.0 Å². The van der Waals surface area contributed by atoms with Gasteiger partial charge < -0.3 is 0 Å². The third kappa shape index (κ3) is 4.23. The predicted octanol–water partition coefficient (Wildman–Crippen LogP) is 6.68. The third-order valence-electron chi connectivity index (χ3n) is 6.97. The van der Waals surface area contributed by atoms with Gasteiger partial charge in [-0.1, -0.05) is 78.1 Å². The highest BCUT2D eigenvalue weighted by Crippen LogP contribution is 2.42. The average molecular weight is 578 g/mol. The largest absolute Gasteiger partial charge is 0.286 e. The number of imide groups is 1. The van der Waals surface area contributed by atoms with Crippen LogP contribution in [-0.4, -0.2) is 28.4 Å². The predicted molar refractivity (Wildman–Crippen MR) is 152 cm³/mol. The van der Waals surface area contributed by atoms with Crippen molar-refractivity contribution in [2.24, 2.45) is 11.0 Å². The van der Waals surface area contributed by atoms with Crippen LogP contribution in [0.4, 0.5) is 5.69 Å². The molecule has 0 saturated heterocycles. The van der Waals surface area contributed by atoms with E-state index in [-0.39, 0.29) is 5.71 Å². The van der Waals surface area contributed by atoms with Crippen LogP contribution in [0.2, 0.25) is 15.1 Å². The molecule has 2 aliphatic heterocycles. The summed E-state index contributed by atoms with van der Waals surface area (Å²) in [5.41, 5.74) is 4.69. The molecule has 194 valence electrons. The van der Waals surface area contributed by atoms with E-state index < -0.39 is 29.7 Å². The van der Waals surface area contributed by atoms with E-state index in [1.807, 2.05) is 31.2 Å². The summed E-state index contributed by atoms with van der Waals surface area (Å²) in [5.74, 6) is -2.36. The van der Waals surface area contributed by atoms with Gasteiger partial charge in [0.05, 0.1) is 27.9 Å². The van der Waals surface area contributed by atoms with E-state index >= 15 is 0 Å². The molecule has 2 heterocycles. The molecule has 1 N–H and O–H groups in total. The van der Waals surface area contributed by atoms with Crippen molar-refractivity contribution in [1.29, 1.82) is 0 Å². The second-order valence-electron chi connectivity index (χ2n) is 9.31. The van der Waals surface area contributed by atoms with Gasteiger partial charge in [0, 0.05) is 21.3 Å². The maximum Gasteiger partial charge on any atom is 0.286 e. The number of rotatable bonds is 4. The van der Waals surface area contributed by atoms with E-state index in [1.165, 1.54) is 0 Å². The number of hydrogen-bond acceptors (Lipinski definition) is 5. The van der Waals surface area contributed by atoms with E-state index in [4.69, 9.17) is 34.8 Å². The van der Waals surface area contributed by atoms with Gasteiger partial charge in [-0.05, 0) is 53.4 Å². The summed E-state index contributed by atoms with van der Waals surface area (Å²) in [7, 11) is 0. The molecule has 7 nitrogen and oxygen atoms in total. The van der Waals surface area contributed by atoms with Crippen molar-refractivity contribution in [3.8, 4) is 0 Å². The molecule has 10 heteroatoms. The van der Waals surface area contributed by atoms with Crippen LogP contribution < -0.4 is 10.4 Å². The maximum atomic E-state index is 13.6. The number of benzene rings is 4. The normalized spacial score (nSPS) is 18.5. The second-order valence-corrected chi connectivity index (χ2v) is 10.6. The molecule has 0 saturated carbocycles. The van der Waals surface area contributed by atoms with Gasteiger partial charge in [0.25, 0.3) is 17.7 Å². The van der Waals surface area contributed by atoms with E-state index in [9.17, 15) is 14.4 Å². The number of nitrogens with one attached hydrogen (secondary N) is 1. The first-order valence-corrected chi connectivity index (χ1v) is 13.2. The zero-order valence-electron chi connectivity index (χ0n) is 20.4. The Morgan fingerprint density at radius 3 is 2.08 bits per heavy atom. The Labute approximate surface area is 238 Å². The second kappa shape index (κ2) is 9.68. The van der Waals surface area contributed by atoms with Gasteiger partial charge in [-0.15, -0.1) is 0 Å². The van der Waals surface area contributed by atoms with Crippen LogP contribution >= 0.6 is 34.8 Å². The monoisotopic (exact) mass is 576 g/mol. The third-order valence-corrected chi connectivity index (χ3v) is 7.76. The first-order chi connectivity index (χ1) is 18.7. The summed E-state index contributed by atoms with van der Waals surface area (Å²) in [6.07, 6.45) is 0. The Morgan fingerprint density at radius 1 is 0.846 bits per heavy atom. The lowest BCUT2D eigenvalue weighted by Crippen LogP contribution is -2.53. The highest BCUT2D eigenvalue weighted by atomic mass is 35.5. The smallest absolute Gasteiger partial charge is 0.267 e. The van der Waals surface area contributed by atoms with Crippen LogP contribution in [-0.2, 0) is 4.79 Å². The molecule has 0 radical (unpaired) electrons. The Morgan fingerprint density at radius 2 is 1.46 bits per heavy atom. The number of carbonyl (C=O) groups is 3. The first-order valence-electron chi connectivity index (χ1n) is 12.0. The number of hydrogen-bond donors (Lipinski definition) is 1. The van der Waals surface area contributed by atoms with Crippen LogP contribution in [0.3, 0.4) is 0 Å². The lowest BCUT2D eigenvalue weighted by atomic mass is 9.91. The maximum absolute atomic E-state index is 13.6. The molecule has 0 aliphatic carbocycles. The summed E-state index contributed by atoms with van der Waals surface area (Å²) >= 11 is 18.8. The number of nitrogens with zero attached hydrogens (tertiary/aromatic N) is 3. The van der Waals surface area contributed by atoms with E-state index in [2.05, 4.69) is 10.5 Å². The molecule has 0 aromatic heterocycles. The fraction of sp³-hybridized carbons (Fsp3) is 0.103. The lowest BCUT2D eigenvalue weighted by Gasteiger charge is -2.28. The summed E-state index contributed by atoms with van der Waals surface area (Å²) in [6, 6.07) is 22.2. The minimum Gasteiger partial charge on any atom is -0.267 e. The number of carbonyl (C=O) groups excluding carboxylic acids is 3. The topological polar surface area (TPSA) is 82.1 Å². The van der Waals surface area contributed by atoms with Crippen LogP contribution in [0.1, 0.15) is 39.2 Å². The van der Waals surface area contributed by atoms with Gasteiger partial charge in [0.15, 0.2) is 0 Å². The van der Waals surface area contributed by atoms with E-state index in [1.54, 1.807) is 59.6 Å². The molecule has 0 spiro atoms. The molecule has 2 aliphatic rings. The van der Waals surface area contributed by atoms with Crippen LogP contribution in [0.25, 0.3) is 10.8 Å². The number of anilines is 1. The fourth-order valence-corrected chi connectivity index (χ4v) is 5.76. The molecular weight excluding hydrogens is 559 g/mol. The number of amides is 3. The first kappa shape index (κ1) is 25.4. The zero-order chi connectivity index (χ0) is 27.4. The van der Waals surface area contributed by atoms with Gasteiger partial charge in [-0.2, -0.15) is 10.1 Å². The van der Waals surface area contributed by atoms with Crippen molar-refractivity contribution in [2.45, 2.75) is 13.0 Å². The number of halogens is 3. The van der Waals surface area contributed by atoms with Crippen molar-refractivity contribution < 1.29 is 14.4 Å². The molecule has 0 fully saturated rings. The van der Waals surface area contributed by atoms with Crippen LogP contribution in [0.5, 0.6) is 0 Å². The molecule has 4 aromatic rings. The van der Waals surface area contributed by atoms with Gasteiger partial charge >= 0.3 is 0 Å². The van der Waals surface area contributed by atoms with Crippen molar-refractivity contribution in [3.63, 3.8) is 0 Å². The Bertz CT molecular complexity index is 1670. The van der Waals surface area contributed by atoms with Gasteiger partial charge in [0.1, 0.15) is 5.71 Å². The quantitative estimate of drug-likeness (QED) is 0.274. The molecule has 4 aromatic carbocycles. The summed E-state index contributed by atoms with van der Waals surface area (Å²) in [4.78, 5) is 40.3. The van der Waals surface area contributed by atoms with E-state index in [0.29, 0.717) is 37.3 Å². The molecule has 2 atom stereocenters. The van der Waals surface area contributed by atoms with Crippen LogP contribution in [0, 0.1) is 5.92 Å². The van der Waals surface area contributed by atoms with Crippen molar-refractivity contribution >= 4 is 74.7 Å². The van der Waals surface area contributed by atoms with E-state index in [0.717, 1.165) is 16.0 Å². The Kier molecular flexibility index (Phi) is 6.30. The summed E-state index contributed by atoms with van der Waals surface area (Å²) in [6.45, 7) is 1.84. The van der Waals surface area contributed by atoms with Crippen molar-refractivity contribution in [1.82, 2.24) is 10.4 Å². The minimum absolute atomic E-state index is 0.124. The SMILES string of the molecule is CC1C(C(=O)NN2C(=O)c3cccc4cccc(c34)C2=O)=NN(c2ccc(Cl)cc2Cl)C1c1ccc(Cl)cc1. The fourth-order valence-electron chi connectivity index (χ4n) is 5.13. The number of hydrazone groups is 1. The average Bonchev–Trinajstić information content (AvgIpc) is 3.26. The zero-order valence-corrected chi connectivity index (χ0v) is 22.6. The standard InChI is InChI=1S/C29H19Cl3N4O3/c1-15-25(27(37)34-36-28(38)20-6-2-4-16-5-3-7-21(24(16)20)29(36)39)33-35(23-13-12-19(31)14-22(23)32)26(15)17-8-10-18(30)11-9-17/h2-15,26H,1H3,(H,34,37). The molecule has 6 rings (SSSR count). The molecule has 2 unspecified atom stereocenters. The highest BCUT2D eigenvalue weighted by Gasteiger charge is 2.42. The summed E-state index contributed by atoms with van der Waals surface area (Å²) < 4.78 is 0. The Balaban J connectivity index is 1.37. The van der Waals surface area contributed by atoms with Crippen molar-refractivity contribution in [2.75, 3.05) is 5.01 Å². The molecule has 3 amide bonds. The molecular formula is C29H19Cl3N4O3. The minimum atomic E-state index is -0.678. The summed E-state index contributed by atoms with van der Waals surface area (Å²) in [5, 5.41) is 9.76. The van der Waals surface area contributed by atoms with Gasteiger partial charge in [-0.25, -0.2) is 0 Å². The van der Waals surface area contributed by atoms with Gasteiger partial charge in [-0.3, -0.25) is 24.8 Å². The lowest BCUT2D eigenvalue weighted by molar-refractivity contribution is -0.118.